The van der Waals surface area contributed by atoms with Gasteiger partial charge in [-0.15, -0.1) is 11.3 Å². The first kappa shape index (κ1) is 17.9. The largest absolute Gasteiger partial charge is 0.339 e. The van der Waals surface area contributed by atoms with Crippen molar-refractivity contribution in [2.75, 3.05) is 13.1 Å². The zero-order valence-electron chi connectivity index (χ0n) is 14.0. The highest BCUT2D eigenvalue weighted by molar-refractivity contribution is 7.91. The first-order valence-electron chi connectivity index (χ1n) is 8.96. The van der Waals surface area contributed by atoms with Crippen LogP contribution in [-0.4, -0.2) is 38.4 Å². The lowest BCUT2D eigenvalue weighted by Gasteiger charge is -2.20. The molecule has 0 atom stereocenters. The van der Waals surface area contributed by atoms with E-state index >= 15 is 0 Å². The van der Waals surface area contributed by atoms with E-state index in [9.17, 15) is 13.2 Å². The zero-order valence-corrected chi connectivity index (χ0v) is 15.6. The van der Waals surface area contributed by atoms with Crippen molar-refractivity contribution in [1.82, 2.24) is 9.62 Å². The average molecular weight is 371 g/mol. The van der Waals surface area contributed by atoms with E-state index in [1.807, 2.05) is 0 Å². The second-order valence-electron chi connectivity index (χ2n) is 6.82. The first-order chi connectivity index (χ1) is 11.6. The molecule has 2 heterocycles. The lowest BCUT2D eigenvalue weighted by molar-refractivity contribution is 0.0793. The highest BCUT2D eigenvalue weighted by Crippen LogP contribution is 2.25. The second kappa shape index (κ2) is 7.97. The maximum Gasteiger partial charge on any atom is 0.254 e. The summed E-state index contributed by atoms with van der Waals surface area (Å²) in [7, 11) is -3.53. The number of hydrogen-bond donors (Lipinski definition) is 1. The fourth-order valence-corrected chi connectivity index (χ4v) is 6.00. The van der Waals surface area contributed by atoms with E-state index in [0.717, 1.165) is 63.0 Å². The summed E-state index contributed by atoms with van der Waals surface area (Å²) in [5, 5.41) is 1.67. The maximum atomic E-state index is 12.6. The minimum atomic E-state index is -3.53. The van der Waals surface area contributed by atoms with Crippen molar-refractivity contribution in [1.29, 1.82) is 0 Å². The minimum Gasteiger partial charge on any atom is -0.339 e. The molecule has 1 aliphatic carbocycles. The van der Waals surface area contributed by atoms with E-state index in [0.29, 0.717) is 5.56 Å². The SMILES string of the molecule is O=C(c1csc(S(=O)(=O)NC2CCCCCCC2)c1)N1CCCC1. The van der Waals surface area contributed by atoms with E-state index < -0.39 is 10.0 Å². The number of carbonyl (C=O) groups is 1. The third-order valence-corrected chi connectivity index (χ3v) is 7.87. The first-order valence-corrected chi connectivity index (χ1v) is 11.3. The maximum absolute atomic E-state index is 12.6. The Kier molecular flexibility index (Phi) is 5.94. The monoisotopic (exact) mass is 370 g/mol. The smallest absolute Gasteiger partial charge is 0.254 e. The predicted octanol–water partition coefficient (Wildman–Crippen LogP) is 3.38. The van der Waals surface area contributed by atoms with Crippen LogP contribution in [0.3, 0.4) is 0 Å². The zero-order chi connectivity index (χ0) is 17.0. The summed E-state index contributed by atoms with van der Waals surface area (Å²) < 4.78 is 28.4. The number of nitrogens with zero attached hydrogens (tertiary/aromatic N) is 1. The molecule has 134 valence electrons. The molecule has 1 N–H and O–H groups in total. The Hall–Kier alpha value is -0.920. The molecule has 3 rings (SSSR count). The van der Waals surface area contributed by atoms with Gasteiger partial charge >= 0.3 is 0 Å². The number of thiophene rings is 1. The number of rotatable bonds is 4. The lowest BCUT2D eigenvalue weighted by atomic mass is 9.97. The van der Waals surface area contributed by atoms with Crippen LogP contribution in [0.2, 0.25) is 0 Å². The quantitative estimate of drug-likeness (QED) is 0.883. The van der Waals surface area contributed by atoms with Crippen molar-refractivity contribution in [3.8, 4) is 0 Å². The molecular weight excluding hydrogens is 344 g/mol. The van der Waals surface area contributed by atoms with E-state index in [4.69, 9.17) is 0 Å². The van der Waals surface area contributed by atoms with Crippen LogP contribution < -0.4 is 4.72 Å². The van der Waals surface area contributed by atoms with Crippen molar-refractivity contribution in [3.05, 3.63) is 17.0 Å². The van der Waals surface area contributed by atoms with Gasteiger partial charge < -0.3 is 4.90 Å². The van der Waals surface area contributed by atoms with E-state index in [2.05, 4.69) is 4.72 Å². The highest BCUT2D eigenvalue weighted by Gasteiger charge is 2.25. The summed E-state index contributed by atoms with van der Waals surface area (Å²) in [4.78, 5) is 14.2. The number of amides is 1. The number of hydrogen-bond acceptors (Lipinski definition) is 4. The fraction of sp³-hybridized carbons (Fsp3) is 0.706. The van der Waals surface area contributed by atoms with E-state index in [-0.39, 0.29) is 16.2 Å². The summed E-state index contributed by atoms with van der Waals surface area (Å²) in [5.74, 6) is -0.0452. The van der Waals surface area contributed by atoms with Crippen LogP contribution in [-0.2, 0) is 10.0 Å². The molecule has 0 bridgehead atoms. The Labute approximate surface area is 148 Å². The van der Waals surface area contributed by atoms with E-state index in [1.54, 1.807) is 10.3 Å². The van der Waals surface area contributed by atoms with Gasteiger partial charge in [-0.3, -0.25) is 4.79 Å². The van der Waals surface area contributed by atoms with Crippen molar-refractivity contribution in [2.24, 2.45) is 0 Å². The van der Waals surface area contributed by atoms with Crippen molar-refractivity contribution < 1.29 is 13.2 Å². The molecule has 0 aromatic carbocycles. The molecule has 1 aliphatic heterocycles. The predicted molar refractivity (Wildman–Crippen MR) is 95.9 cm³/mol. The third-order valence-electron chi connectivity index (χ3n) is 4.91. The second-order valence-corrected chi connectivity index (χ2v) is 9.67. The summed E-state index contributed by atoms with van der Waals surface area (Å²) in [5.41, 5.74) is 0.500. The summed E-state index contributed by atoms with van der Waals surface area (Å²) >= 11 is 1.14. The lowest BCUT2D eigenvalue weighted by Crippen LogP contribution is -2.35. The van der Waals surface area contributed by atoms with Crippen LogP contribution in [0.15, 0.2) is 15.7 Å². The van der Waals surface area contributed by atoms with Crippen LogP contribution in [0.1, 0.15) is 68.1 Å². The normalized spacial score (nSPS) is 20.8. The number of nitrogens with one attached hydrogen (secondary N) is 1. The molecule has 1 aromatic heterocycles. The molecule has 1 amide bonds. The van der Waals surface area contributed by atoms with Gasteiger partial charge in [-0.1, -0.05) is 32.1 Å². The fourth-order valence-electron chi connectivity index (χ4n) is 3.52. The molecule has 0 spiro atoms. The molecule has 1 saturated carbocycles. The molecule has 1 saturated heterocycles. The molecule has 24 heavy (non-hydrogen) atoms. The van der Waals surface area contributed by atoms with Gasteiger partial charge in [-0.05, 0) is 31.7 Å². The minimum absolute atomic E-state index is 0.0233. The van der Waals surface area contributed by atoms with Crippen molar-refractivity contribution >= 4 is 27.3 Å². The van der Waals surface area contributed by atoms with Gasteiger partial charge in [0.1, 0.15) is 4.21 Å². The molecule has 2 aliphatic rings. The molecule has 1 aromatic rings. The molecular formula is C17H26N2O3S2. The average Bonchev–Trinajstić information content (AvgIpc) is 3.20. The standard InChI is InChI=1S/C17H26N2O3S2/c20-17(19-10-6-7-11-19)14-12-16(23-13-14)24(21,22)18-15-8-4-2-1-3-5-9-15/h12-13,15,18H,1-11H2. The van der Waals surface area contributed by atoms with Gasteiger partial charge in [-0.2, -0.15) is 0 Å². The van der Waals surface area contributed by atoms with E-state index in [1.165, 1.54) is 25.3 Å². The topological polar surface area (TPSA) is 66.5 Å². The third kappa shape index (κ3) is 4.37. The van der Waals surface area contributed by atoms with Crippen molar-refractivity contribution in [2.45, 2.75) is 68.0 Å². The Morgan fingerprint density at radius 3 is 2.33 bits per heavy atom. The number of sulfonamides is 1. The summed E-state index contributed by atoms with van der Waals surface area (Å²) in [6.07, 6.45) is 9.67. The van der Waals surface area contributed by atoms with Gasteiger partial charge in [0.2, 0.25) is 10.0 Å². The van der Waals surface area contributed by atoms with Gasteiger partial charge in [0, 0.05) is 24.5 Å². The van der Waals surface area contributed by atoms with Crippen LogP contribution in [0.5, 0.6) is 0 Å². The van der Waals surface area contributed by atoms with Gasteiger partial charge in [0.25, 0.3) is 5.91 Å². The van der Waals surface area contributed by atoms with Gasteiger partial charge in [-0.25, -0.2) is 13.1 Å². The number of carbonyl (C=O) groups excluding carboxylic acids is 1. The van der Waals surface area contributed by atoms with Crippen LogP contribution >= 0.6 is 11.3 Å². The summed E-state index contributed by atoms with van der Waals surface area (Å²) in [6.45, 7) is 1.55. The summed E-state index contributed by atoms with van der Waals surface area (Å²) in [6, 6.07) is 1.56. The molecule has 0 unspecified atom stereocenters. The Bertz CT molecular complexity index is 655. The van der Waals surface area contributed by atoms with Crippen LogP contribution in [0.25, 0.3) is 0 Å². The molecule has 0 radical (unpaired) electrons. The van der Waals surface area contributed by atoms with Gasteiger partial charge in [0.15, 0.2) is 0 Å². The van der Waals surface area contributed by atoms with Crippen LogP contribution in [0, 0.1) is 0 Å². The van der Waals surface area contributed by atoms with Crippen molar-refractivity contribution in [3.63, 3.8) is 0 Å². The highest BCUT2D eigenvalue weighted by atomic mass is 32.2. The van der Waals surface area contributed by atoms with Crippen LogP contribution in [0.4, 0.5) is 0 Å². The Morgan fingerprint density at radius 1 is 1.04 bits per heavy atom. The molecule has 7 heteroatoms. The van der Waals surface area contributed by atoms with Gasteiger partial charge in [0.05, 0.1) is 5.56 Å². The number of likely N-dealkylation sites (tertiary alicyclic amines) is 1. The molecule has 2 fully saturated rings. The Balaban J connectivity index is 1.67. The molecule has 5 nitrogen and oxygen atoms in total. The Morgan fingerprint density at radius 2 is 1.67 bits per heavy atom.